The maximum atomic E-state index is 5.57. The van der Waals surface area contributed by atoms with E-state index in [4.69, 9.17) is 19.9 Å². The van der Waals surface area contributed by atoms with Crippen LogP contribution in [0.2, 0.25) is 0 Å². The van der Waals surface area contributed by atoms with Crippen LogP contribution in [0.5, 0.6) is 5.88 Å². The van der Waals surface area contributed by atoms with Crippen molar-refractivity contribution in [3.63, 3.8) is 0 Å². The first kappa shape index (κ1) is 13.7. The van der Waals surface area contributed by atoms with Gasteiger partial charge in [0.05, 0.1) is 6.61 Å². The molecule has 0 fully saturated rings. The first-order valence-electron chi connectivity index (χ1n) is 5.53. The van der Waals surface area contributed by atoms with Crippen LogP contribution in [0.3, 0.4) is 0 Å². The number of nitrogens with zero attached hydrogens (tertiary/aromatic N) is 2. The van der Waals surface area contributed by atoms with Crippen LogP contribution in [0, 0.1) is 6.92 Å². The van der Waals surface area contributed by atoms with E-state index in [-0.39, 0.29) is 0 Å². The number of methoxy groups -OCH3 is 1. The predicted molar refractivity (Wildman–Crippen MR) is 64.0 cm³/mol. The van der Waals surface area contributed by atoms with Gasteiger partial charge >= 0.3 is 0 Å². The maximum absolute atomic E-state index is 5.57. The molecule has 1 heterocycles. The predicted octanol–water partition coefficient (Wildman–Crippen LogP) is 0.799. The summed E-state index contributed by atoms with van der Waals surface area (Å²) in [6, 6.07) is 1.60. The third-order valence-corrected chi connectivity index (χ3v) is 1.95. The number of ether oxygens (including phenoxy) is 3. The number of rotatable bonds is 8. The fourth-order valence-electron chi connectivity index (χ4n) is 1.25. The highest BCUT2D eigenvalue weighted by molar-refractivity contribution is 5.32. The lowest BCUT2D eigenvalue weighted by molar-refractivity contribution is 0.0795. The van der Waals surface area contributed by atoms with Gasteiger partial charge in [0.15, 0.2) is 0 Å². The van der Waals surface area contributed by atoms with E-state index in [9.17, 15) is 0 Å². The Morgan fingerprint density at radius 2 is 2.00 bits per heavy atom. The standard InChI is InChI=1S/C11H19N3O3/c1-9-13-10(12)8-11(14-9)17-7-6-16-5-3-4-15-2/h8H,3-7H2,1-2H3,(H2,12,13,14). The molecule has 0 spiro atoms. The lowest BCUT2D eigenvalue weighted by atomic mass is 10.5. The van der Waals surface area contributed by atoms with E-state index in [1.807, 2.05) is 0 Å². The molecule has 0 atom stereocenters. The Labute approximate surface area is 101 Å². The number of nitrogens with two attached hydrogens (primary N) is 1. The zero-order chi connectivity index (χ0) is 12.5. The van der Waals surface area contributed by atoms with Crippen LogP contribution in [-0.2, 0) is 9.47 Å². The molecule has 0 aliphatic rings. The Morgan fingerprint density at radius 3 is 2.71 bits per heavy atom. The molecule has 0 radical (unpaired) electrons. The summed E-state index contributed by atoms with van der Waals surface area (Å²) in [6.07, 6.45) is 0.885. The van der Waals surface area contributed by atoms with Gasteiger partial charge in [-0.15, -0.1) is 0 Å². The average molecular weight is 241 g/mol. The summed E-state index contributed by atoms with van der Waals surface area (Å²) >= 11 is 0. The lowest BCUT2D eigenvalue weighted by Crippen LogP contribution is -2.10. The van der Waals surface area contributed by atoms with Crippen LogP contribution in [0.15, 0.2) is 6.07 Å². The van der Waals surface area contributed by atoms with E-state index in [0.29, 0.717) is 43.9 Å². The Morgan fingerprint density at radius 1 is 1.18 bits per heavy atom. The van der Waals surface area contributed by atoms with Gasteiger partial charge < -0.3 is 19.9 Å². The van der Waals surface area contributed by atoms with Crippen molar-refractivity contribution < 1.29 is 14.2 Å². The molecule has 0 saturated carbocycles. The summed E-state index contributed by atoms with van der Waals surface area (Å²) in [6.45, 7) is 4.12. The average Bonchev–Trinajstić information content (AvgIpc) is 2.26. The second kappa shape index (κ2) is 7.81. The van der Waals surface area contributed by atoms with Gasteiger partial charge in [0, 0.05) is 26.4 Å². The molecule has 0 saturated heterocycles. The fraction of sp³-hybridized carbons (Fsp3) is 0.636. The topological polar surface area (TPSA) is 79.5 Å². The van der Waals surface area contributed by atoms with Gasteiger partial charge in [0.25, 0.3) is 0 Å². The zero-order valence-electron chi connectivity index (χ0n) is 10.3. The van der Waals surface area contributed by atoms with E-state index in [1.54, 1.807) is 20.1 Å². The number of aryl methyl sites for hydroxylation is 1. The molecule has 17 heavy (non-hydrogen) atoms. The quantitative estimate of drug-likeness (QED) is 0.678. The van der Waals surface area contributed by atoms with Crippen molar-refractivity contribution in [1.82, 2.24) is 9.97 Å². The molecular weight excluding hydrogens is 222 g/mol. The third kappa shape index (κ3) is 6.03. The summed E-state index contributed by atoms with van der Waals surface area (Å²) in [5.41, 5.74) is 5.57. The van der Waals surface area contributed by atoms with Crippen molar-refractivity contribution in [2.24, 2.45) is 0 Å². The molecule has 6 heteroatoms. The summed E-state index contributed by atoms with van der Waals surface area (Å²) in [7, 11) is 1.67. The molecule has 2 N–H and O–H groups in total. The number of hydrogen-bond donors (Lipinski definition) is 1. The van der Waals surface area contributed by atoms with Gasteiger partial charge in [-0.2, -0.15) is 4.98 Å². The lowest BCUT2D eigenvalue weighted by Gasteiger charge is -2.07. The smallest absolute Gasteiger partial charge is 0.218 e. The Balaban J connectivity index is 2.13. The molecular formula is C11H19N3O3. The number of nitrogen functional groups attached to an aromatic ring is 1. The minimum Gasteiger partial charge on any atom is -0.475 e. The monoisotopic (exact) mass is 241 g/mol. The molecule has 0 bridgehead atoms. The SMILES string of the molecule is COCCCOCCOc1cc(N)nc(C)n1. The van der Waals surface area contributed by atoms with Gasteiger partial charge in [-0.25, -0.2) is 4.98 Å². The number of aromatic nitrogens is 2. The van der Waals surface area contributed by atoms with Crippen LogP contribution in [0.25, 0.3) is 0 Å². The van der Waals surface area contributed by atoms with Gasteiger partial charge in [-0.1, -0.05) is 0 Å². The fourth-order valence-corrected chi connectivity index (χ4v) is 1.25. The normalized spacial score (nSPS) is 10.5. The first-order chi connectivity index (χ1) is 8.22. The molecule has 1 rings (SSSR count). The van der Waals surface area contributed by atoms with Crippen LogP contribution in [0.1, 0.15) is 12.2 Å². The Bertz CT molecular complexity index is 313. The van der Waals surface area contributed by atoms with Crippen molar-refractivity contribution in [2.45, 2.75) is 13.3 Å². The summed E-state index contributed by atoms with van der Waals surface area (Å²) < 4.78 is 15.6. The minimum atomic E-state index is 0.411. The number of hydrogen-bond acceptors (Lipinski definition) is 6. The highest BCUT2D eigenvalue weighted by Gasteiger charge is 1.99. The molecule has 0 amide bonds. The Kier molecular flexibility index (Phi) is 6.27. The van der Waals surface area contributed by atoms with Gasteiger partial charge in [0.2, 0.25) is 5.88 Å². The van der Waals surface area contributed by atoms with E-state index >= 15 is 0 Å². The third-order valence-electron chi connectivity index (χ3n) is 1.95. The highest BCUT2D eigenvalue weighted by atomic mass is 16.5. The van der Waals surface area contributed by atoms with E-state index in [2.05, 4.69) is 9.97 Å². The number of anilines is 1. The second-order valence-corrected chi connectivity index (χ2v) is 3.49. The van der Waals surface area contributed by atoms with Crippen molar-refractivity contribution in [3.05, 3.63) is 11.9 Å². The van der Waals surface area contributed by atoms with Crippen LogP contribution in [0.4, 0.5) is 5.82 Å². The molecule has 1 aromatic rings. The molecule has 0 aromatic carbocycles. The Hall–Kier alpha value is -1.40. The van der Waals surface area contributed by atoms with Crippen molar-refractivity contribution >= 4 is 5.82 Å². The van der Waals surface area contributed by atoms with Crippen molar-refractivity contribution in [1.29, 1.82) is 0 Å². The van der Waals surface area contributed by atoms with Gasteiger partial charge in [-0.3, -0.25) is 0 Å². The van der Waals surface area contributed by atoms with Gasteiger partial charge in [0.1, 0.15) is 18.2 Å². The van der Waals surface area contributed by atoms with Crippen LogP contribution in [-0.4, -0.2) is 43.5 Å². The molecule has 96 valence electrons. The molecule has 0 unspecified atom stereocenters. The van der Waals surface area contributed by atoms with Gasteiger partial charge in [-0.05, 0) is 13.3 Å². The molecule has 0 aliphatic carbocycles. The molecule has 6 nitrogen and oxygen atoms in total. The first-order valence-corrected chi connectivity index (χ1v) is 5.53. The second-order valence-electron chi connectivity index (χ2n) is 3.49. The van der Waals surface area contributed by atoms with Crippen LogP contribution < -0.4 is 10.5 Å². The van der Waals surface area contributed by atoms with Crippen molar-refractivity contribution in [3.8, 4) is 5.88 Å². The van der Waals surface area contributed by atoms with E-state index in [1.165, 1.54) is 0 Å². The maximum Gasteiger partial charge on any atom is 0.218 e. The minimum absolute atomic E-state index is 0.411. The summed E-state index contributed by atoms with van der Waals surface area (Å²) in [5.74, 6) is 1.49. The summed E-state index contributed by atoms with van der Waals surface area (Å²) in [5, 5.41) is 0. The van der Waals surface area contributed by atoms with Crippen molar-refractivity contribution in [2.75, 3.05) is 39.3 Å². The zero-order valence-corrected chi connectivity index (χ0v) is 10.3. The highest BCUT2D eigenvalue weighted by Crippen LogP contribution is 2.09. The largest absolute Gasteiger partial charge is 0.475 e. The van der Waals surface area contributed by atoms with Crippen LogP contribution >= 0.6 is 0 Å². The summed E-state index contributed by atoms with van der Waals surface area (Å²) in [4.78, 5) is 8.05. The van der Waals surface area contributed by atoms with E-state index < -0.39 is 0 Å². The molecule has 1 aromatic heterocycles. The molecule has 0 aliphatic heterocycles. The van der Waals surface area contributed by atoms with E-state index in [0.717, 1.165) is 6.42 Å².